The van der Waals surface area contributed by atoms with Gasteiger partial charge in [0, 0.05) is 54.7 Å². The van der Waals surface area contributed by atoms with Crippen molar-refractivity contribution in [3.63, 3.8) is 0 Å². The summed E-state index contributed by atoms with van der Waals surface area (Å²) in [6.45, 7) is 14.6. The van der Waals surface area contributed by atoms with Gasteiger partial charge in [-0.1, -0.05) is 18.2 Å². The van der Waals surface area contributed by atoms with Crippen LogP contribution in [0.25, 0.3) is 11.0 Å². The molecule has 4 heterocycles. The van der Waals surface area contributed by atoms with Gasteiger partial charge in [-0.05, 0) is 31.9 Å². The van der Waals surface area contributed by atoms with Crippen LogP contribution in [0.4, 0.5) is 0 Å². The molecule has 0 bridgehead atoms. The van der Waals surface area contributed by atoms with Crippen LogP contribution in [0.5, 0.6) is 0 Å². The molecule has 0 spiro atoms. The third-order valence-corrected chi connectivity index (χ3v) is 7.87. The largest absolute Gasteiger partial charge is 0.492 e. The first kappa shape index (κ1) is 30.5. The molecule has 4 rings (SSSR count). The number of fused-ring (bicyclic) bond motifs is 1. The second-order valence-corrected chi connectivity index (χ2v) is 10.6. The van der Waals surface area contributed by atoms with Gasteiger partial charge in [-0.25, -0.2) is 9.97 Å². The molecule has 2 fully saturated rings. The van der Waals surface area contributed by atoms with Crippen LogP contribution in [0, 0.1) is 22.7 Å². The Hall–Kier alpha value is -4.41. The van der Waals surface area contributed by atoms with Crippen LogP contribution in [-0.2, 0) is 14.3 Å². The highest BCUT2D eigenvalue weighted by atomic mass is 16.5. The highest BCUT2D eigenvalue weighted by Gasteiger charge is 2.28. The molecular weight excluding hydrogens is 530 g/mol. The maximum atomic E-state index is 12.1. The number of amides is 1. The number of hydrogen-bond donors (Lipinski definition) is 1. The molecule has 2 aliphatic rings. The molecule has 2 aliphatic heterocycles. The summed E-state index contributed by atoms with van der Waals surface area (Å²) in [5.41, 5.74) is 3.88. The molecule has 220 valence electrons. The van der Waals surface area contributed by atoms with Crippen molar-refractivity contribution in [3.8, 4) is 12.1 Å². The number of H-pyrrole nitrogens is 1. The lowest BCUT2D eigenvalue weighted by Gasteiger charge is -2.29. The normalized spacial score (nSPS) is 19.2. The second-order valence-electron chi connectivity index (χ2n) is 10.6. The number of nitriles is 2. The number of morpholine rings is 1. The molecular formula is C32H39N7O3. The Morgan fingerprint density at radius 2 is 1.86 bits per heavy atom. The molecule has 10 nitrogen and oxygen atoms in total. The number of likely N-dealkylation sites (tertiary alicyclic amines) is 1. The predicted molar refractivity (Wildman–Crippen MR) is 160 cm³/mol. The van der Waals surface area contributed by atoms with Crippen LogP contribution in [-0.4, -0.2) is 76.2 Å². The van der Waals surface area contributed by atoms with Crippen LogP contribution in [0.1, 0.15) is 62.3 Å². The third-order valence-electron chi connectivity index (χ3n) is 7.87. The summed E-state index contributed by atoms with van der Waals surface area (Å²) in [5.74, 6) is 0.339. The van der Waals surface area contributed by atoms with Crippen molar-refractivity contribution in [2.45, 2.75) is 57.0 Å². The van der Waals surface area contributed by atoms with Crippen LogP contribution in [0.15, 0.2) is 61.3 Å². The van der Waals surface area contributed by atoms with Crippen LogP contribution < -0.4 is 0 Å². The zero-order valence-corrected chi connectivity index (χ0v) is 24.3. The molecule has 10 heteroatoms. The number of nitrogens with one attached hydrogen (secondary N) is 1. The van der Waals surface area contributed by atoms with Gasteiger partial charge in [0.05, 0.1) is 44.0 Å². The van der Waals surface area contributed by atoms with E-state index < -0.39 is 0 Å². The Balaban J connectivity index is 1.47. The number of carbonyl (C=O) groups excluding carboxylic acids is 1. The van der Waals surface area contributed by atoms with Gasteiger partial charge in [-0.3, -0.25) is 4.79 Å². The average molecular weight is 570 g/mol. The SMILES string of the molecule is C=CC(C/C=C(\C)N1CCOCC1)c1cc2c([C@@H](C=C)C/C=C(\CC#N)O[C@@H]3CCN(C(=O)CC#N)C3)ncnc2[nH]1. The van der Waals surface area contributed by atoms with E-state index in [4.69, 9.17) is 14.7 Å². The van der Waals surface area contributed by atoms with Crippen molar-refractivity contribution in [1.82, 2.24) is 24.8 Å². The highest BCUT2D eigenvalue weighted by Crippen LogP contribution is 2.31. The number of allylic oxidation sites excluding steroid dienone is 6. The summed E-state index contributed by atoms with van der Waals surface area (Å²) in [6.07, 6.45) is 11.3. The number of aromatic nitrogens is 3. The molecule has 3 atom stereocenters. The molecule has 2 saturated heterocycles. The quantitative estimate of drug-likeness (QED) is 0.268. The first-order valence-electron chi connectivity index (χ1n) is 14.4. The number of aromatic amines is 1. The maximum absolute atomic E-state index is 12.1. The molecule has 2 aromatic rings. The standard InChI is InChI=1S/C32H39N7O3/c1-4-24(7-6-23(3)38-16-18-41-19-17-38)29-20-28-31(35-22-36-32(28)37-29)25(5-2)8-9-26(10-13-33)42-27-12-15-39(21-27)30(40)11-14-34/h4-6,9,20,22,24-25,27H,1-2,7-8,10-12,15-19,21H2,3H3,(H,35,36,37)/b23-6+,26-9+/t24?,25-,27+/m0/s1. The predicted octanol–water partition coefficient (Wildman–Crippen LogP) is 4.84. The molecule has 1 N–H and O–H groups in total. The molecule has 0 saturated carbocycles. The smallest absolute Gasteiger partial charge is 0.236 e. The van der Waals surface area contributed by atoms with Gasteiger partial charge in [0.15, 0.2) is 0 Å². The zero-order chi connectivity index (χ0) is 29.9. The van der Waals surface area contributed by atoms with E-state index >= 15 is 0 Å². The number of nitrogens with zero attached hydrogens (tertiary/aromatic N) is 6. The zero-order valence-electron chi connectivity index (χ0n) is 24.3. The highest BCUT2D eigenvalue weighted by molar-refractivity contribution is 5.80. The first-order chi connectivity index (χ1) is 20.5. The minimum Gasteiger partial charge on any atom is -0.492 e. The summed E-state index contributed by atoms with van der Waals surface area (Å²) in [7, 11) is 0. The van der Waals surface area contributed by atoms with Crippen molar-refractivity contribution in [3.05, 3.63) is 72.7 Å². The second kappa shape index (κ2) is 15.0. The third kappa shape index (κ3) is 7.65. The lowest BCUT2D eigenvalue weighted by molar-refractivity contribution is -0.129. The van der Waals surface area contributed by atoms with E-state index in [1.807, 2.05) is 24.3 Å². The topological polar surface area (TPSA) is 131 Å². The van der Waals surface area contributed by atoms with Gasteiger partial charge >= 0.3 is 0 Å². The summed E-state index contributed by atoms with van der Waals surface area (Å²) in [6, 6.07) is 6.18. The molecule has 0 radical (unpaired) electrons. The van der Waals surface area contributed by atoms with Crippen molar-refractivity contribution < 1.29 is 14.3 Å². The maximum Gasteiger partial charge on any atom is 0.236 e. The molecule has 0 aromatic carbocycles. The number of carbonyl (C=O) groups is 1. The van der Waals surface area contributed by atoms with Gasteiger partial charge in [0.2, 0.25) is 5.91 Å². The van der Waals surface area contributed by atoms with E-state index in [1.54, 1.807) is 11.2 Å². The van der Waals surface area contributed by atoms with E-state index in [-0.39, 0.29) is 36.7 Å². The Morgan fingerprint density at radius 3 is 2.57 bits per heavy atom. The fourth-order valence-corrected chi connectivity index (χ4v) is 5.43. The van der Waals surface area contributed by atoms with Crippen LogP contribution >= 0.6 is 0 Å². The van der Waals surface area contributed by atoms with Gasteiger partial charge in [0.25, 0.3) is 0 Å². The Labute approximate surface area is 247 Å². The van der Waals surface area contributed by atoms with Gasteiger partial charge < -0.3 is 24.3 Å². The first-order valence-corrected chi connectivity index (χ1v) is 14.4. The monoisotopic (exact) mass is 569 g/mol. The van der Waals surface area contributed by atoms with E-state index in [1.165, 1.54) is 5.70 Å². The molecule has 0 aliphatic carbocycles. The molecule has 2 aromatic heterocycles. The van der Waals surface area contributed by atoms with Crippen LogP contribution in [0.2, 0.25) is 0 Å². The number of ether oxygens (including phenoxy) is 2. The van der Waals surface area contributed by atoms with E-state index in [9.17, 15) is 10.1 Å². The molecule has 42 heavy (non-hydrogen) atoms. The van der Waals surface area contributed by atoms with Crippen molar-refractivity contribution >= 4 is 16.9 Å². The summed E-state index contributed by atoms with van der Waals surface area (Å²) < 4.78 is 11.6. The number of hydrogen-bond acceptors (Lipinski definition) is 8. The lowest BCUT2D eigenvalue weighted by atomic mass is 9.97. The van der Waals surface area contributed by atoms with E-state index in [0.29, 0.717) is 31.7 Å². The fraction of sp³-hybridized carbons (Fsp3) is 0.469. The minimum absolute atomic E-state index is 0.0896. The number of rotatable bonds is 13. The summed E-state index contributed by atoms with van der Waals surface area (Å²) in [5, 5.41) is 19.1. The molecule has 1 unspecified atom stereocenters. The average Bonchev–Trinajstić information content (AvgIpc) is 3.66. The molecule has 1 amide bonds. The van der Waals surface area contributed by atoms with Crippen molar-refractivity contribution in [2.24, 2.45) is 0 Å². The fourth-order valence-electron chi connectivity index (χ4n) is 5.43. The Bertz CT molecular complexity index is 1410. The van der Waals surface area contributed by atoms with Crippen LogP contribution in [0.3, 0.4) is 0 Å². The minimum atomic E-state index is -0.204. The van der Waals surface area contributed by atoms with Gasteiger partial charge in [0.1, 0.15) is 30.3 Å². The summed E-state index contributed by atoms with van der Waals surface area (Å²) >= 11 is 0. The van der Waals surface area contributed by atoms with Crippen molar-refractivity contribution in [2.75, 3.05) is 39.4 Å². The summed E-state index contributed by atoms with van der Waals surface area (Å²) in [4.78, 5) is 28.6. The van der Waals surface area contributed by atoms with Crippen molar-refractivity contribution in [1.29, 1.82) is 10.5 Å². The lowest BCUT2D eigenvalue weighted by Crippen LogP contribution is -2.34. The van der Waals surface area contributed by atoms with Gasteiger partial charge in [-0.15, -0.1) is 13.2 Å². The van der Waals surface area contributed by atoms with E-state index in [2.05, 4.69) is 58.1 Å². The Morgan fingerprint density at radius 1 is 1.12 bits per heavy atom. The van der Waals surface area contributed by atoms with E-state index in [0.717, 1.165) is 55.1 Å². The van der Waals surface area contributed by atoms with Gasteiger partial charge in [-0.2, -0.15) is 10.5 Å². The Kier molecular flexibility index (Phi) is 10.9.